The van der Waals surface area contributed by atoms with Gasteiger partial charge in [-0.1, -0.05) is 24.3 Å². The van der Waals surface area contributed by atoms with Crippen LogP contribution in [0.4, 0.5) is 5.69 Å². The SMILES string of the molecule is CCOC(=O)C1(c2ccc(NC(=O)c3cn4c5c(cccc5c3=O)C[C@H]4C)cc2)CC1. The quantitative estimate of drug-likeness (QED) is 0.639. The molecule has 1 aliphatic carbocycles. The number of pyridine rings is 1. The van der Waals surface area contributed by atoms with Crippen LogP contribution in [0.2, 0.25) is 0 Å². The van der Waals surface area contributed by atoms with Crippen LogP contribution in [0.25, 0.3) is 10.9 Å². The van der Waals surface area contributed by atoms with Crippen molar-refractivity contribution < 1.29 is 14.3 Å². The van der Waals surface area contributed by atoms with Gasteiger partial charge in [0.1, 0.15) is 5.56 Å². The van der Waals surface area contributed by atoms with Crippen LogP contribution in [0, 0.1) is 0 Å². The largest absolute Gasteiger partial charge is 0.465 e. The number of nitrogens with zero attached hydrogens (tertiary/aromatic N) is 1. The third-order valence-electron chi connectivity index (χ3n) is 6.48. The highest BCUT2D eigenvalue weighted by Gasteiger charge is 2.52. The number of hydrogen-bond acceptors (Lipinski definition) is 4. The maximum Gasteiger partial charge on any atom is 0.316 e. The zero-order chi connectivity index (χ0) is 21.8. The molecule has 1 aromatic heterocycles. The number of amides is 1. The second-order valence-corrected chi connectivity index (χ2v) is 8.48. The maximum absolute atomic E-state index is 13.0. The van der Waals surface area contributed by atoms with Gasteiger partial charge in [0, 0.05) is 23.3 Å². The van der Waals surface area contributed by atoms with E-state index >= 15 is 0 Å². The summed E-state index contributed by atoms with van der Waals surface area (Å²) in [7, 11) is 0. The third-order valence-corrected chi connectivity index (χ3v) is 6.48. The fraction of sp³-hybridized carbons (Fsp3) is 0.320. The lowest BCUT2D eigenvalue weighted by Crippen LogP contribution is -2.24. The summed E-state index contributed by atoms with van der Waals surface area (Å²) in [5, 5.41) is 3.41. The van der Waals surface area contributed by atoms with Crippen LogP contribution in [0.15, 0.2) is 53.5 Å². The van der Waals surface area contributed by atoms with Gasteiger partial charge < -0.3 is 14.6 Å². The molecule has 0 saturated heterocycles. The second kappa shape index (κ2) is 7.08. The molecule has 2 aromatic carbocycles. The Morgan fingerprint density at radius 2 is 1.90 bits per heavy atom. The third kappa shape index (κ3) is 3.05. The van der Waals surface area contributed by atoms with E-state index in [9.17, 15) is 14.4 Å². The lowest BCUT2D eigenvalue weighted by atomic mass is 9.96. The molecule has 1 fully saturated rings. The number of esters is 1. The van der Waals surface area contributed by atoms with Crippen molar-refractivity contribution in [1.29, 1.82) is 0 Å². The Hall–Kier alpha value is -3.41. The van der Waals surface area contributed by atoms with Gasteiger partial charge in [-0.05, 0) is 62.4 Å². The molecule has 0 radical (unpaired) electrons. The summed E-state index contributed by atoms with van der Waals surface area (Å²) in [5.74, 6) is -0.623. The summed E-state index contributed by atoms with van der Waals surface area (Å²) < 4.78 is 7.24. The van der Waals surface area contributed by atoms with E-state index < -0.39 is 11.3 Å². The summed E-state index contributed by atoms with van der Waals surface area (Å²) in [6, 6.07) is 13.1. The predicted molar refractivity (Wildman–Crippen MR) is 119 cm³/mol. The second-order valence-electron chi connectivity index (χ2n) is 8.48. The van der Waals surface area contributed by atoms with Crippen LogP contribution in [-0.4, -0.2) is 23.1 Å². The zero-order valence-corrected chi connectivity index (χ0v) is 17.6. The number of para-hydroxylation sites is 1. The van der Waals surface area contributed by atoms with Gasteiger partial charge >= 0.3 is 5.97 Å². The van der Waals surface area contributed by atoms with Crippen molar-refractivity contribution in [2.24, 2.45) is 0 Å². The first-order valence-corrected chi connectivity index (χ1v) is 10.7. The van der Waals surface area contributed by atoms with Gasteiger partial charge in [0.15, 0.2) is 0 Å². The summed E-state index contributed by atoms with van der Waals surface area (Å²) in [6.07, 6.45) is 4.07. The van der Waals surface area contributed by atoms with Gasteiger partial charge in [-0.2, -0.15) is 0 Å². The lowest BCUT2D eigenvalue weighted by molar-refractivity contribution is -0.146. The molecule has 158 valence electrons. The Kier molecular flexibility index (Phi) is 4.46. The number of carbonyl (C=O) groups excluding carboxylic acids is 2. The molecule has 1 atom stereocenters. The number of nitrogens with one attached hydrogen (secondary N) is 1. The van der Waals surface area contributed by atoms with E-state index in [0.29, 0.717) is 17.7 Å². The number of hydrogen-bond donors (Lipinski definition) is 1. The van der Waals surface area contributed by atoms with Crippen LogP contribution in [0.3, 0.4) is 0 Å². The summed E-state index contributed by atoms with van der Waals surface area (Å²) in [4.78, 5) is 38.2. The van der Waals surface area contributed by atoms with Crippen molar-refractivity contribution >= 4 is 28.5 Å². The molecule has 0 spiro atoms. The molecule has 1 amide bonds. The highest BCUT2D eigenvalue weighted by molar-refractivity contribution is 6.06. The number of carbonyl (C=O) groups is 2. The van der Waals surface area contributed by atoms with E-state index in [1.165, 1.54) is 0 Å². The van der Waals surface area contributed by atoms with Gasteiger partial charge in [-0.15, -0.1) is 0 Å². The minimum atomic E-state index is -0.548. The molecule has 2 heterocycles. The van der Waals surface area contributed by atoms with E-state index in [-0.39, 0.29) is 23.0 Å². The Morgan fingerprint density at radius 1 is 1.16 bits per heavy atom. The summed E-state index contributed by atoms with van der Waals surface area (Å²) >= 11 is 0. The highest BCUT2D eigenvalue weighted by atomic mass is 16.5. The van der Waals surface area contributed by atoms with E-state index in [1.54, 1.807) is 31.3 Å². The fourth-order valence-electron chi connectivity index (χ4n) is 4.65. The molecule has 2 aliphatic rings. The van der Waals surface area contributed by atoms with Crippen molar-refractivity contribution in [2.75, 3.05) is 11.9 Å². The summed E-state index contributed by atoms with van der Waals surface area (Å²) in [6.45, 7) is 4.25. The standard InChI is InChI=1S/C25H24N2O4/c1-3-31-24(30)25(11-12-25)17-7-9-18(10-8-17)26-23(29)20-14-27-15(2)13-16-5-4-6-19(21(16)27)22(20)28/h4-10,14-15H,3,11-13H2,1-2H3,(H,26,29)/t15-/m1/s1. The van der Waals surface area contributed by atoms with Crippen molar-refractivity contribution in [1.82, 2.24) is 4.57 Å². The first-order valence-electron chi connectivity index (χ1n) is 10.7. The fourth-order valence-corrected chi connectivity index (χ4v) is 4.65. The average molecular weight is 416 g/mol. The normalized spacial score (nSPS) is 18.1. The van der Waals surface area contributed by atoms with Crippen LogP contribution in [0.5, 0.6) is 0 Å². The maximum atomic E-state index is 13.0. The molecule has 5 rings (SSSR count). The van der Waals surface area contributed by atoms with Crippen molar-refractivity contribution in [3.05, 3.63) is 75.6 Å². The number of rotatable bonds is 5. The molecule has 6 heteroatoms. The van der Waals surface area contributed by atoms with E-state index in [2.05, 4.69) is 12.2 Å². The minimum Gasteiger partial charge on any atom is -0.465 e. The van der Waals surface area contributed by atoms with Crippen molar-refractivity contribution in [3.63, 3.8) is 0 Å². The van der Waals surface area contributed by atoms with Crippen molar-refractivity contribution in [2.45, 2.75) is 44.6 Å². The molecule has 0 unspecified atom stereocenters. The molecule has 6 nitrogen and oxygen atoms in total. The molecule has 1 aliphatic heterocycles. The van der Waals surface area contributed by atoms with Crippen LogP contribution < -0.4 is 10.7 Å². The molecular formula is C25H24N2O4. The van der Waals surface area contributed by atoms with Gasteiger partial charge in [0.25, 0.3) is 5.91 Å². The topological polar surface area (TPSA) is 77.4 Å². The molecule has 0 bridgehead atoms. The van der Waals surface area contributed by atoms with Crippen LogP contribution >= 0.6 is 0 Å². The molecular weight excluding hydrogens is 392 g/mol. The van der Waals surface area contributed by atoms with Gasteiger partial charge in [-0.25, -0.2) is 0 Å². The van der Waals surface area contributed by atoms with Crippen LogP contribution in [0.1, 0.15) is 54.2 Å². The molecule has 3 aromatic rings. The Morgan fingerprint density at radius 3 is 2.58 bits per heavy atom. The first-order chi connectivity index (χ1) is 14.9. The molecule has 31 heavy (non-hydrogen) atoms. The lowest BCUT2D eigenvalue weighted by Gasteiger charge is -2.15. The van der Waals surface area contributed by atoms with E-state index in [1.807, 2.05) is 28.8 Å². The van der Waals surface area contributed by atoms with Crippen molar-refractivity contribution in [3.8, 4) is 0 Å². The van der Waals surface area contributed by atoms with E-state index in [4.69, 9.17) is 4.74 Å². The van der Waals surface area contributed by atoms with Crippen LogP contribution in [-0.2, 0) is 21.4 Å². The monoisotopic (exact) mass is 416 g/mol. The van der Waals surface area contributed by atoms with Gasteiger partial charge in [0.05, 0.1) is 17.5 Å². The minimum absolute atomic E-state index is 0.132. The number of aromatic nitrogens is 1. The highest BCUT2D eigenvalue weighted by Crippen LogP contribution is 2.49. The number of ether oxygens (including phenoxy) is 1. The van der Waals surface area contributed by atoms with Gasteiger partial charge in [0.2, 0.25) is 5.43 Å². The van der Waals surface area contributed by atoms with Gasteiger partial charge in [-0.3, -0.25) is 14.4 Å². The smallest absolute Gasteiger partial charge is 0.316 e. The van der Waals surface area contributed by atoms with E-state index in [0.717, 1.165) is 35.9 Å². The number of benzene rings is 2. The predicted octanol–water partition coefficient (Wildman–Crippen LogP) is 3.97. The molecule has 1 N–H and O–H groups in total. The summed E-state index contributed by atoms with van der Waals surface area (Å²) in [5.41, 5.74) is 2.87. The Balaban J connectivity index is 1.42. The zero-order valence-electron chi connectivity index (χ0n) is 17.6. The Bertz CT molecular complexity index is 1270. The molecule has 1 saturated carbocycles. The Labute approximate surface area is 179 Å². The first kappa shape index (κ1) is 19.5. The average Bonchev–Trinajstić information content (AvgIpc) is 3.51. The number of anilines is 1.